The second kappa shape index (κ2) is 8.75. The van der Waals surface area contributed by atoms with E-state index in [0.717, 1.165) is 16.5 Å². The quantitative estimate of drug-likeness (QED) is 0.634. The summed E-state index contributed by atoms with van der Waals surface area (Å²) in [6.07, 6.45) is 3.03. The molecule has 2 N–H and O–H groups in total. The average molecular weight is 429 g/mol. The van der Waals surface area contributed by atoms with Crippen LogP contribution in [0.3, 0.4) is 0 Å². The van der Waals surface area contributed by atoms with E-state index in [0.29, 0.717) is 17.3 Å². The summed E-state index contributed by atoms with van der Waals surface area (Å²) >= 11 is 5.86. The van der Waals surface area contributed by atoms with Crippen molar-refractivity contribution in [2.75, 3.05) is 5.32 Å². The zero-order chi connectivity index (χ0) is 21.9. The molecule has 3 rings (SSSR count). The van der Waals surface area contributed by atoms with E-state index < -0.39 is 23.6 Å². The molecule has 0 aliphatic carbocycles. The summed E-state index contributed by atoms with van der Waals surface area (Å²) in [6.45, 7) is 5.30. The van der Waals surface area contributed by atoms with Gasteiger partial charge in [0, 0.05) is 36.8 Å². The van der Waals surface area contributed by atoms with Crippen molar-refractivity contribution >= 4 is 40.3 Å². The van der Waals surface area contributed by atoms with Gasteiger partial charge in [-0.15, -0.1) is 0 Å². The van der Waals surface area contributed by atoms with Gasteiger partial charge in [0.05, 0.1) is 5.02 Å². The maximum Gasteiger partial charge on any atom is 0.408 e. The molecule has 2 heterocycles. The zero-order valence-corrected chi connectivity index (χ0v) is 18.2. The third kappa shape index (κ3) is 5.51. The fourth-order valence-electron chi connectivity index (χ4n) is 3.13. The number of alkyl carbamates (subject to hydrolysis) is 1. The molecule has 1 atom stereocenters. The van der Waals surface area contributed by atoms with Crippen molar-refractivity contribution in [2.45, 2.75) is 38.8 Å². The number of carbonyl (C=O) groups excluding carboxylic acids is 2. The molecule has 3 aromatic rings. The first kappa shape index (κ1) is 21.6. The molecule has 7 nitrogen and oxygen atoms in total. The molecule has 0 saturated carbocycles. The predicted octanol–water partition coefficient (Wildman–Crippen LogP) is 4.30. The van der Waals surface area contributed by atoms with Gasteiger partial charge in [-0.05, 0) is 44.5 Å². The van der Waals surface area contributed by atoms with Crippen LogP contribution in [0.25, 0.3) is 10.9 Å². The number of ether oxygens (including phenoxy) is 1. The molecule has 0 saturated heterocycles. The summed E-state index contributed by atoms with van der Waals surface area (Å²) < 4.78 is 7.34. The van der Waals surface area contributed by atoms with E-state index >= 15 is 0 Å². The van der Waals surface area contributed by atoms with E-state index in [2.05, 4.69) is 15.6 Å². The highest BCUT2D eigenvalue weighted by molar-refractivity contribution is 6.30. The zero-order valence-electron chi connectivity index (χ0n) is 17.4. The Hall–Kier alpha value is -3.06. The van der Waals surface area contributed by atoms with Crippen molar-refractivity contribution in [3.8, 4) is 0 Å². The highest BCUT2D eigenvalue weighted by Crippen LogP contribution is 2.22. The van der Waals surface area contributed by atoms with Crippen molar-refractivity contribution in [3.05, 3.63) is 59.4 Å². The normalized spacial score (nSPS) is 12.4. The van der Waals surface area contributed by atoms with Crippen LogP contribution in [-0.4, -0.2) is 33.2 Å². The second-order valence-electron chi connectivity index (χ2n) is 8.04. The average Bonchev–Trinajstić information content (AvgIpc) is 2.97. The van der Waals surface area contributed by atoms with Crippen LogP contribution in [0.15, 0.2) is 48.8 Å². The van der Waals surface area contributed by atoms with Crippen LogP contribution in [0.5, 0.6) is 0 Å². The Bertz CT molecular complexity index is 1050. The molecule has 0 radical (unpaired) electrons. The summed E-state index contributed by atoms with van der Waals surface area (Å²) in [7, 11) is 1.94. The third-order valence-electron chi connectivity index (χ3n) is 4.39. The number of nitrogens with one attached hydrogen (secondary N) is 2. The van der Waals surface area contributed by atoms with Crippen LogP contribution in [0.4, 0.5) is 10.6 Å². The molecule has 158 valence electrons. The van der Waals surface area contributed by atoms with Gasteiger partial charge in [0.15, 0.2) is 0 Å². The molecule has 0 aliphatic rings. The Kier molecular flexibility index (Phi) is 6.31. The Morgan fingerprint density at radius 1 is 1.20 bits per heavy atom. The van der Waals surface area contributed by atoms with Gasteiger partial charge >= 0.3 is 6.09 Å². The van der Waals surface area contributed by atoms with E-state index in [9.17, 15) is 9.59 Å². The number of carbonyl (C=O) groups is 2. The first-order valence-corrected chi connectivity index (χ1v) is 9.95. The number of aromatic nitrogens is 2. The highest BCUT2D eigenvalue weighted by Gasteiger charge is 2.26. The van der Waals surface area contributed by atoms with Crippen LogP contribution in [0, 0.1) is 0 Å². The molecule has 0 spiro atoms. The van der Waals surface area contributed by atoms with Crippen LogP contribution in [0.1, 0.15) is 26.3 Å². The number of amides is 2. The summed E-state index contributed by atoms with van der Waals surface area (Å²) in [5.74, 6) is -0.0538. The van der Waals surface area contributed by atoms with E-state index in [1.807, 2.05) is 42.1 Å². The Balaban J connectivity index is 1.85. The van der Waals surface area contributed by atoms with Crippen LogP contribution in [0.2, 0.25) is 5.02 Å². The van der Waals surface area contributed by atoms with Gasteiger partial charge in [-0.1, -0.05) is 29.8 Å². The lowest BCUT2D eigenvalue weighted by Crippen LogP contribution is -2.47. The number of aryl methyl sites for hydroxylation is 1. The Morgan fingerprint density at radius 3 is 2.60 bits per heavy atom. The van der Waals surface area contributed by atoms with Crippen molar-refractivity contribution < 1.29 is 14.3 Å². The van der Waals surface area contributed by atoms with E-state index in [1.165, 1.54) is 6.20 Å². The minimum Gasteiger partial charge on any atom is -0.444 e. The van der Waals surface area contributed by atoms with Crippen molar-refractivity contribution in [1.82, 2.24) is 14.9 Å². The fraction of sp³-hybridized carbons (Fsp3) is 0.318. The summed E-state index contributed by atoms with van der Waals surface area (Å²) in [6, 6.07) is 10.3. The number of para-hydroxylation sites is 1. The standard InChI is InChI=1S/C22H25ClN4O3/c1-22(2,3)30-21(29)25-17(20(28)26-19-10-9-15(23)12-24-19)11-14-13-27(4)18-8-6-5-7-16(14)18/h5-10,12-13,17H,11H2,1-4H3,(H,25,29)(H,24,26,28)/t17-/m1/s1. The van der Waals surface area contributed by atoms with Gasteiger partial charge in [-0.2, -0.15) is 0 Å². The number of nitrogens with zero attached hydrogens (tertiary/aromatic N) is 2. The lowest BCUT2D eigenvalue weighted by atomic mass is 10.0. The molecule has 0 unspecified atom stereocenters. The first-order valence-electron chi connectivity index (χ1n) is 9.57. The molecule has 0 bridgehead atoms. The SMILES string of the molecule is Cn1cc(C[C@@H](NC(=O)OC(C)(C)C)C(=O)Nc2ccc(Cl)cn2)c2ccccc21. The van der Waals surface area contributed by atoms with Gasteiger partial charge in [0.25, 0.3) is 0 Å². The molecule has 0 fully saturated rings. The molecule has 2 aromatic heterocycles. The maximum absolute atomic E-state index is 13.0. The molecule has 8 heteroatoms. The number of halogens is 1. The summed E-state index contributed by atoms with van der Waals surface area (Å²) in [5, 5.41) is 6.90. The molecule has 1 aromatic carbocycles. The van der Waals surface area contributed by atoms with Gasteiger partial charge in [-0.3, -0.25) is 4.79 Å². The maximum atomic E-state index is 13.0. The number of pyridine rings is 1. The molecule has 30 heavy (non-hydrogen) atoms. The van der Waals surface area contributed by atoms with Crippen LogP contribution >= 0.6 is 11.6 Å². The number of anilines is 1. The molecule has 0 aliphatic heterocycles. The summed E-state index contributed by atoms with van der Waals surface area (Å²) in [4.78, 5) is 29.5. The van der Waals surface area contributed by atoms with E-state index in [4.69, 9.17) is 16.3 Å². The Labute approximate surface area is 180 Å². The highest BCUT2D eigenvalue weighted by atomic mass is 35.5. The molecule has 2 amide bonds. The van der Waals surface area contributed by atoms with Gasteiger partial charge in [0.1, 0.15) is 17.5 Å². The largest absolute Gasteiger partial charge is 0.444 e. The van der Waals surface area contributed by atoms with Crippen LogP contribution < -0.4 is 10.6 Å². The van der Waals surface area contributed by atoms with Crippen molar-refractivity contribution in [3.63, 3.8) is 0 Å². The van der Waals surface area contributed by atoms with Gasteiger partial charge in [0.2, 0.25) is 5.91 Å². The van der Waals surface area contributed by atoms with Gasteiger partial charge in [-0.25, -0.2) is 9.78 Å². The number of benzene rings is 1. The summed E-state index contributed by atoms with van der Waals surface area (Å²) in [5.41, 5.74) is 1.30. The van der Waals surface area contributed by atoms with Crippen LogP contribution in [-0.2, 0) is 23.0 Å². The minimum absolute atomic E-state index is 0.292. The predicted molar refractivity (Wildman–Crippen MR) is 118 cm³/mol. The second-order valence-corrected chi connectivity index (χ2v) is 8.47. The van der Waals surface area contributed by atoms with E-state index in [-0.39, 0.29) is 0 Å². The number of fused-ring (bicyclic) bond motifs is 1. The molecular formula is C22H25ClN4O3. The first-order chi connectivity index (χ1) is 14.1. The smallest absolute Gasteiger partial charge is 0.408 e. The lowest BCUT2D eigenvalue weighted by molar-refractivity contribution is -0.118. The van der Waals surface area contributed by atoms with Crippen molar-refractivity contribution in [2.24, 2.45) is 7.05 Å². The van der Waals surface area contributed by atoms with Gasteiger partial charge < -0.3 is 19.9 Å². The third-order valence-corrected chi connectivity index (χ3v) is 4.61. The lowest BCUT2D eigenvalue weighted by Gasteiger charge is -2.23. The number of rotatable bonds is 5. The minimum atomic E-state index is -0.858. The molecular weight excluding hydrogens is 404 g/mol. The monoisotopic (exact) mass is 428 g/mol. The topological polar surface area (TPSA) is 85.2 Å². The number of hydrogen-bond donors (Lipinski definition) is 2. The Morgan fingerprint density at radius 2 is 1.93 bits per heavy atom. The van der Waals surface area contributed by atoms with E-state index in [1.54, 1.807) is 32.9 Å². The number of hydrogen-bond acceptors (Lipinski definition) is 4. The fourth-order valence-corrected chi connectivity index (χ4v) is 3.24. The van der Waals surface area contributed by atoms with Crippen molar-refractivity contribution in [1.29, 1.82) is 0 Å².